The van der Waals surface area contributed by atoms with Gasteiger partial charge in [-0.2, -0.15) is 0 Å². The van der Waals surface area contributed by atoms with E-state index in [-0.39, 0.29) is 11.5 Å². The zero-order chi connectivity index (χ0) is 14.5. The molecule has 0 radical (unpaired) electrons. The maximum absolute atomic E-state index is 10.9. The van der Waals surface area contributed by atoms with Crippen LogP contribution in [0.15, 0.2) is 59.5 Å². The lowest BCUT2D eigenvalue weighted by Crippen LogP contribution is -1.90. The van der Waals surface area contributed by atoms with Crippen LogP contribution in [0.4, 0.5) is 0 Å². The number of carboxylic acid groups (broad SMARTS) is 1. The van der Waals surface area contributed by atoms with E-state index in [4.69, 9.17) is 5.11 Å². The molecule has 0 aliphatic carbocycles. The van der Waals surface area contributed by atoms with Crippen LogP contribution >= 0.6 is 11.8 Å². The molecule has 0 aromatic heterocycles. The second-order valence-corrected chi connectivity index (χ2v) is 5.08. The lowest BCUT2D eigenvalue weighted by atomic mass is 10.2. The van der Waals surface area contributed by atoms with Crippen LogP contribution in [0.5, 0.6) is 11.5 Å². The molecule has 0 fully saturated rings. The summed E-state index contributed by atoms with van der Waals surface area (Å²) in [4.78, 5) is 12.1. The molecule has 0 amide bonds. The second-order valence-electron chi connectivity index (χ2n) is 3.97. The lowest BCUT2D eigenvalue weighted by Gasteiger charge is -2.07. The van der Waals surface area contributed by atoms with E-state index in [1.807, 2.05) is 30.3 Å². The fourth-order valence-electron chi connectivity index (χ4n) is 1.58. The minimum Gasteiger partial charge on any atom is -0.504 e. The van der Waals surface area contributed by atoms with E-state index in [1.165, 1.54) is 23.9 Å². The molecule has 102 valence electrons. The molecule has 0 saturated carbocycles. The molecule has 0 aliphatic heterocycles. The van der Waals surface area contributed by atoms with Gasteiger partial charge in [0.1, 0.15) is 0 Å². The van der Waals surface area contributed by atoms with Crippen molar-refractivity contribution in [1.82, 2.24) is 0 Å². The van der Waals surface area contributed by atoms with Crippen LogP contribution in [0.3, 0.4) is 0 Å². The molecule has 3 N–H and O–H groups in total. The Labute approximate surface area is 120 Å². The van der Waals surface area contributed by atoms with Gasteiger partial charge in [0.2, 0.25) is 0 Å². The van der Waals surface area contributed by atoms with Gasteiger partial charge in [0.15, 0.2) is 11.5 Å². The maximum Gasteiger partial charge on any atom is 0.329 e. The fraction of sp³-hybridized carbons (Fsp3) is 0. The van der Waals surface area contributed by atoms with Crippen molar-refractivity contribution in [3.05, 3.63) is 60.2 Å². The van der Waals surface area contributed by atoms with Gasteiger partial charge in [-0.25, -0.2) is 4.79 Å². The van der Waals surface area contributed by atoms with E-state index in [0.717, 1.165) is 11.6 Å². The van der Waals surface area contributed by atoms with Crippen LogP contribution < -0.4 is 0 Å². The quantitative estimate of drug-likeness (QED) is 0.457. The predicted molar refractivity (Wildman–Crippen MR) is 77.7 cm³/mol. The first-order valence-electron chi connectivity index (χ1n) is 5.76. The SMILES string of the molecule is O=C(O)/C=C(\Sc1ccc(O)c(O)c1)c1ccccc1. The third-order valence-corrected chi connectivity index (χ3v) is 3.55. The van der Waals surface area contributed by atoms with Crippen molar-refractivity contribution >= 4 is 22.6 Å². The molecule has 0 saturated heterocycles. The molecule has 2 aromatic carbocycles. The van der Waals surface area contributed by atoms with Gasteiger partial charge < -0.3 is 15.3 Å². The first-order chi connectivity index (χ1) is 9.56. The van der Waals surface area contributed by atoms with Crippen molar-refractivity contribution in [3.8, 4) is 11.5 Å². The van der Waals surface area contributed by atoms with Crippen molar-refractivity contribution in [3.63, 3.8) is 0 Å². The average molecular weight is 288 g/mol. The van der Waals surface area contributed by atoms with Gasteiger partial charge in [0, 0.05) is 15.9 Å². The monoisotopic (exact) mass is 288 g/mol. The summed E-state index contributed by atoms with van der Waals surface area (Å²) in [7, 11) is 0. The highest BCUT2D eigenvalue weighted by Crippen LogP contribution is 2.37. The standard InChI is InChI=1S/C15H12O4S/c16-12-7-6-11(8-13(12)17)20-14(9-15(18)19)10-4-2-1-3-5-10/h1-9,16-17H,(H,18,19)/b14-9-. The van der Waals surface area contributed by atoms with Crippen LogP contribution in [0, 0.1) is 0 Å². The number of hydrogen-bond donors (Lipinski definition) is 3. The van der Waals surface area contributed by atoms with Gasteiger partial charge in [-0.3, -0.25) is 0 Å². The highest BCUT2D eigenvalue weighted by Gasteiger charge is 2.08. The number of carboxylic acids is 1. The lowest BCUT2D eigenvalue weighted by molar-refractivity contribution is -0.131. The number of carbonyl (C=O) groups is 1. The Balaban J connectivity index is 2.34. The van der Waals surface area contributed by atoms with Crippen LogP contribution in [0.2, 0.25) is 0 Å². The first-order valence-corrected chi connectivity index (χ1v) is 6.58. The Hall–Kier alpha value is -2.40. The zero-order valence-electron chi connectivity index (χ0n) is 10.4. The van der Waals surface area contributed by atoms with Gasteiger partial charge in [-0.15, -0.1) is 0 Å². The topological polar surface area (TPSA) is 77.8 Å². The summed E-state index contributed by atoms with van der Waals surface area (Å²) >= 11 is 1.20. The molecule has 0 atom stereocenters. The molecule has 20 heavy (non-hydrogen) atoms. The van der Waals surface area contributed by atoms with Gasteiger partial charge in [0.25, 0.3) is 0 Å². The van der Waals surface area contributed by atoms with E-state index in [2.05, 4.69) is 0 Å². The van der Waals surface area contributed by atoms with Gasteiger partial charge >= 0.3 is 5.97 Å². The van der Waals surface area contributed by atoms with Crippen molar-refractivity contribution in [2.75, 3.05) is 0 Å². The molecule has 0 heterocycles. The average Bonchev–Trinajstić information content (AvgIpc) is 2.43. The third-order valence-electron chi connectivity index (χ3n) is 2.49. The summed E-state index contributed by atoms with van der Waals surface area (Å²) in [5, 5.41) is 27.7. The molecule has 5 heteroatoms. The van der Waals surface area contributed by atoms with Gasteiger partial charge in [0.05, 0.1) is 0 Å². The van der Waals surface area contributed by atoms with E-state index in [0.29, 0.717) is 9.80 Å². The molecular formula is C15H12O4S. The number of phenols is 2. The van der Waals surface area contributed by atoms with Crippen LogP contribution in [-0.4, -0.2) is 21.3 Å². The predicted octanol–water partition coefficient (Wildman–Crippen LogP) is 3.32. The highest BCUT2D eigenvalue weighted by molar-refractivity contribution is 8.08. The normalized spacial score (nSPS) is 11.3. The molecule has 4 nitrogen and oxygen atoms in total. The largest absolute Gasteiger partial charge is 0.504 e. The number of hydrogen-bond acceptors (Lipinski definition) is 4. The summed E-state index contributed by atoms with van der Waals surface area (Å²) in [6.45, 7) is 0. The smallest absolute Gasteiger partial charge is 0.329 e. The summed E-state index contributed by atoms with van der Waals surface area (Å²) in [5.41, 5.74) is 0.771. The Morgan fingerprint density at radius 3 is 2.30 bits per heavy atom. The van der Waals surface area contributed by atoms with Crippen molar-refractivity contribution < 1.29 is 20.1 Å². The van der Waals surface area contributed by atoms with Crippen molar-refractivity contribution in [1.29, 1.82) is 0 Å². The fourth-order valence-corrected chi connectivity index (χ4v) is 2.55. The van der Waals surface area contributed by atoms with E-state index >= 15 is 0 Å². The molecule has 0 aliphatic rings. The summed E-state index contributed by atoms with van der Waals surface area (Å²) in [6, 6.07) is 13.5. The number of thioether (sulfide) groups is 1. The van der Waals surface area contributed by atoms with Crippen LogP contribution in [0.1, 0.15) is 5.56 Å². The number of benzene rings is 2. The summed E-state index contributed by atoms with van der Waals surface area (Å²) in [6.07, 6.45) is 1.11. The van der Waals surface area contributed by atoms with Crippen molar-refractivity contribution in [2.45, 2.75) is 4.90 Å². The Morgan fingerprint density at radius 1 is 1.00 bits per heavy atom. The van der Waals surface area contributed by atoms with E-state index in [9.17, 15) is 15.0 Å². The Bertz CT molecular complexity index is 650. The zero-order valence-corrected chi connectivity index (χ0v) is 11.2. The van der Waals surface area contributed by atoms with E-state index < -0.39 is 5.97 Å². The van der Waals surface area contributed by atoms with Crippen LogP contribution in [-0.2, 0) is 4.79 Å². The molecule has 0 spiro atoms. The third kappa shape index (κ3) is 3.55. The van der Waals surface area contributed by atoms with Gasteiger partial charge in [-0.1, -0.05) is 42.1 Å². The Morgan fingerprint density at radius 2 is 1.70 bits per heavy atom. The molecular weight excluding hydrogens is 276 g/mol. The number of aromatic hydroxyl groups is 2. The second kappa shape index (κ2) is 6.16. The van der Waals surface area contributed by atoms with E-state index in [1.54, 1.807) is 6.07 Å². The molecule has 2 rings (SSSR count). The maximum atomic E-state index is 10.9. The Kier molecular flexibility index (Phi) is 4.32. The first kappa shape index (κ1) is 14.0. The van der Waals surface area contributed by atoms with Crippen molar-refractivity contribution in [2.24, 2.45) is 0 Å². The number of aliphatic carboxylic acids is 1. The number of phenolic OH excluding ortho intramolecular Hbond substituents is 2. The molecule has 0 unspecified atom stereocenters. The minimum absolute atomic E-state index is 0.210. The van der Waals surface area contributed by atoms with Gasteiger partial charge in [-0.05, 0) is 23.8 Å². The molecule has 2 aromatic rings. The van der Waals surface area contributed by atoms with Crippen LogP contribution in [0.25, 0.3) is 4.91 Å². The molecule has 0 bridgehead atoms. The summed E-state index contributed by atoms with van der Waals surface area (Å²) in [5.74, 6) is -1.49. The minimum atomic E-state index is -1.04. The summed E-state index contributed by atoms with van der Waals surface area (Å²) < 4.78 is 0. The highest BCUT2D eigenvalue weighted by atomic mass is 32.2. The number of rotatable bonds is 4.